The quantitative estimate of drug-likeness (QED) is 0.704. The van der Waals surface area contributed by atoms with Gasteiger partial charge in [-0.05, 0) is 27.8 Å². The summed E-state index contributed by atoms with van der Waals surface area (Å²) >= 11 is 0. The normalized spacial score (nSPS) is 15.0. The highest BCUT2D eigenvalue weighted by Crippen LogP contribution is 2.00. The number of aliphatic hydroxyl groups excluding tert-OH is 1. The molecule has 0 aromatic rings. The van der Waals surface area contributed by atoms with Crippen LogP contribution in [0.3, 0.4) is 0 Å². The van der Waals surface area contributed by atoms with Crippen molar-refractivity contribution < 1.29 is 13.9 Å². The molecule has 0 bridgehead atoms. The molecule has 0 aliphatic rings. The van der Waals surface area contributed by atoms with E-state index >= 15 is 0 Å². The van der Waals surface area contributed by atoms with Gasteiger partial charge in [0.05, 0.1) is 12.6 Å². The van der Waals surface area contributed by atoms with Crippen molar-refractivity contribution in [2.75, 3.05) is 26.7 Å². The molecule has 0 rings (SSSR count). The highest BCUT2D eigenvalue weighted by molar-refractivity contribution is 4.74. The van der Waals surface area contributed by atoms with Crippen molar-refractivity contribution in [1.82, 2.24) is 10.2 Å². The number of rotatable bonds is 6. The van der Waals surface area contributed by atoms with Crippen LogP contribution in [0.5, 0.6) is 0 Å². The zero-order chi connectivity index (χ0) is 12.1. The van der Waals surface area contributed by atoms with Crippen molar-refractivity contribution in [3.05, 3.63) is 0 Å². The Bertz CT molecular complexity index is 171. The minimum Gasteiger partial charge on any atom is -0.390 e. The van der Waals surface area contributed by atoms with Crippen molar-refractivity contribution in [2.45, 2.75) is 38.8 Å². The number of likely N-dealkylation sites (N-methyl/N-ethyl adjacent to an activating group) is 1. The first kappa shape index (κ1) is 14.7. The number of β-amino-alcohol motifs (C(OH)–C–C–N with tert-alkyl or cyclic N) is 1. The summed E-state index contributed by atoms with van der Waals surface area (Å²) in [6.45, 7) is 6.34. The van der Waals surface area contributed by atoms with Crippen molar-refractivity contribution >= 4 is 0 Å². The van der Waals surface area contributed by atoms with Crippen molar-refractivity contribution in [1.29, 1.82) is 0 Å². The number of nitrogens with one attached hydrogen (secondary N) is 1. The Morgan fingerprint density at radius 3 is 2.20 bits per heavy atom. The van der Waals surface area contributed by atoms with Crippen LogP contribution in [-0.2, 0) is 0 Å². The monoisotopic (exact) mass is 224 g/mol. The van der Waals surface area contributed by atoms with Crippen molar-refractivity contribution in [3.63, 3.8) is 0 Å². The van der Waals surface area contributed by atoms with E-state index in [0.717, 1.165) is 0 Å². The maximum Gasteiger partial charge on any atom is 0.251 e. The predicted molar refractivity (Wildman–Crippen MR) is 57.3 cm³/mol. The Hall–Kier alpha value is -0.260. The molecule has 0 aliphatic heterocycles. The van der Waals surface area contributed by atoms with Gasteiger partial charge in [-0.15, -0.1) is 0 Å². The molecule has 0 radical (unpaired) electrons. The molecule has 1 atom stereocenters. The molecule has 0 aliphatic carbocycles. The van der Waals surface area contributed by atoms with E-state index in [2.05, 4.69) is 5.32 Å². The maximum atomic E-state index is 12.0. The standard InChI is InChI=1S/C10H22F2N2O/c1-10(2,3)13-5-8(15)6-14(4)7-9(11)12/h8-9,13,15H,5-7H2,1-4H3. The fraction of sp³-hybridized carbons (Fsp3) is 1.00. The third-order valence-electron chi connectivity index (χ3n) is 1.84. The molecule has 0 amide bonds. The van der Waals surface area contributed by atoms with E-state index in [-0.39, 0.29) is 18.6 Å². The zero-order valence-electron chi connectivity index (χ0n) is 9.93. The molecule has 0 saturated heterocycles. The summed E-state index contributed by atoms with van der Waals surface area (Å²) in [4.78, 5) is 1.43. The summed E-state index contributed by atoms with van der Waals surface area (Å²) in [5.74, 6) is 0. The van der Waals surface area contributed by atoms with Crippen LogP contribution in [0.4, 0.5) is 8.78 Å². The van der Waals surface area contributed by atoms with E-state index in [1.54, 1.807) is 7.05 Å². The first-order valence-electron chi connectivity index (χ1n) is 5.10. The van der Waals surface area contributed by atoms with E-state index in [1.165, 1.54) is 4.90 Å². The molecular formula is C10H22F2N2O. The van der Waals surface area contributed by atoms with Gasteiger partial charge in [-0.2, -0.15) is 0 Å². The summed E-state index contributed by atoms with van der Waals surface area (Å²) in [6.07, 6.45) is -2.97. The second-order valence-corrected chi connectivity index (χ2v) is 4.90. The van der Waals surface area contributed by atoms with Gasteiger partial charge < -0.3 is 10.4 Å². The number of nitrogens with zero attached hydrogens (tertiary/aromatic N) is 1. The first-order chi connectivity index (χ1) is 6.70. The Balaban J connectivity index is 3.69. The molecule has 0 saturated carbocycles. The van der Waals surface area contributed by atoms with Gasteiger partial charge in [-0.3, -0.25) is 4.90 Å². The van der Waals surface area contributed by atoms with Gasteiger partial charge in [-0.1, -0.05) is 0 Å². The lowest BCUT2D eigenvalue weighted by molar-refractivity contribution is 0.0659. The first-order valence-corrected chi connectivity index (χ1v) is 5.10. The maximum absolute atomic E-state index is 12.0. The van der Waals surface area contributed by atoms with E-state index in [1.807, 2.05) is 20.8 Å². The van der Waals surface area contributed by atoms with Gasteiger partial charge in [0.2, 0.25) is 0 Å². The largest absolute Gasteiger partial charge is 0.390 e. The van der Waals surface area contributed by atoms with E-state index in [9.17, 15) is 13.9 Å². The molecule has 0 aromatic heterocycles. The number of hydrogen-bond acceptors (Lipinski definition) is 3. The molecule has 0 aromatic carbocycles. The van der Waals surface area contributed by atoms with Crippen LogP contribution >= 0.6 is 0 Å². The van der Waals surface area contributed by atoms with Gasteiger partial charge >= 0.3 is 0 Å². The third-order valence-corrected chi connectivity index (χ3v) is 1.84. The zero-order valence-corrected chi connectivity index (χ0v) is 9.93. The molecule has 0 spiro atoms. The summed E-state index contributed by atoms with van der Waals surface area (Å²) in [5.41, 5.74) is -0.0672. The SMILES string of the molecule is CN(CC(F)F)CC(O)CNC(C)(C)C. The van der Waals surface area contributed by atoms with Crippen LogP contribution in [0.15, 0.2) is 0 Å². The Morgan fingerprint density at radius 1 is 1.27 bits per heavy atom. The predicted octanol–water partition coefficient (Wildman–Crippen LogP) is 0.932. The molecule has 92 valence electrons. The van der Waals surface area contributed by atoms with E-state index < -0.39 is 12.5 Å². The van der Waals surface area contributed by atoms with Crippen LogP contribution in [0.2, 0.25) is 0 Å². The lowest BCUT2D eigenvalue weighted by atomic mass is 10.1. The van der Waals surface area contributed by atoms with E-state index in [0.29, 0.717) is 6.54 Å². The van der Waals surface area contributed by atoms with Crippen LogP contribution in [0, 0.1) is 0 Å². The molecule has 5 heteroatoms. The molecule has 3 nitrogen and oxygen atoms in total. The highest BCUT2D eigenvalue weighted by Gasteiger charge is 2.15. The lowest BCUT2D eigenvalue weighted by Gasteiger charge is -2.25. The Kier molecular flexibility index (Phi) is 6.24. The minimum atomic E-state index is -2.35. The van der Waals surface area contributed by atoms with Gasteiger partial charge in [0, 0.05) is 18.6 Å². The van der Waals surface area contributed by atoms with E-state index in [4.69, 9.17) is 0 Å². The van der Waals surface area contributed by atoms with Gasteiger partial charge in [0.1, 0.15) is 0 Å². The minimum absolute atomic E-state index is 0.0672. The topological polar surface area (TPSA) is 35.5 Å². The summed E-state index contributed by atoms with van der Waals surface area (Å²) in [5, 5.41) is 12.7. The Morgan fingerprint density at radius 2 is 1.80 bits per heavy atom. The molecule has 0 fully saturated rings. The smallest absolute Gasteiger partial charge is 0.251 e. The van der Waals surface area contributed by atoms with Gasteiger partial charge in [0.15, 0.2) is 0 Å². The molecule has 0 heterocycles. The van der Waals surface area contributed by atoms with Crippen molar-refractivity contribution in [3.8, 4) is 0 Å². The average Bonchev–Trinajstić information content (AvgIpc) is 1.97. The number of aliphatic hydroxyl groups is 1. The fourth-order valence-corrected chi connectivity index (χ4v) is 1.16. The van der Waals surface area contributed by atoms with Crippen LogP contribution in [0.25, 0.3) is 0 Å². The molecule has 1 unspecified atom stereocenters. The third kappa shape index (κ3) is 10.0. The van der Waals surface area contributed by atoms with Crippen LogP contribution < -0.4 is 5.32 Å². The van der Waals surface area contributed by atoms with Crippen molar-refractivity contribution in [2.24, 2.45) is 0 Å². The highest BCUT2D eigenvalue weighted by atomic mass is 19.3. The van der Waals surface area contributed by atoms with Crippen LogP contribution in [-0.4, -0.2) is 54.8 Å². The lowest BCUT2D eigenvalue weighted by Crippen LogP contribution is -2.44. The number of hydrogen-bond donors (Lipinski definition) is 2. The summed E-state index contributed by atoms with van der Waals surface area (Å²) < 4.78 is 23.9. The molecule has 2 N–H and O–H groups in total. The second-order valence-electron chi connectivity index (χ2n) is 4.90. The average molecular weight is 224 g/mol. The molecular weight excluding hydrogens is 202 g/mol. The molecule has 15 heavy (non-hydrogen) atoms. The van der Waals surface area contributed by atoms with Crippen LogP contribution in [0.1, 0.15) is 20.8 Å². The Labute approximate surface area is 90.5 Å². The summed E-state index contributed by atoms with van der Waals surface area (Å²) in [6, 6.07) is 0. The summed E-state index contributed by atoms with van der Waals surface area (Å²) in [7, 11) is 1.58. The second kappa shape index (κ2) is 6.35. The van der Waals surface area contributed by atoms with Gasteiger partial charge in [0.25, 0.3) is 6.43 Å². The number of halogens is 2. The van der Waals surface area contributed by atoms with Gasteiger partial charge in [-0.25, -0.2) is 8.78 Å². The fourth-order valence-electron chi connectivity index (χ4n) is 1.16. The number of alkyl halides is 2.